The quantitative estimate of drug-likeness (QED) is 0.840. The SMILES string of the molecule is COc1ccc(C=C2Oc3ccc(Br)cc3C2=O)cc1O. The zero-order valence-corrected chi connectivity index (χ0v) is 12.7. The molecule has 0 aliphatic carbocycles. The molecule has 3 rings (SSSR count). The van der Waals surface area contributed by atoms with Crippen LogP contribution in [0.5, 0.6) is 17.2 Å². The fourth-order valence-corrected chi connectivity index (χ4v) is 2.47. The molecule has 1 heterocycles. The number of hydrogen-bond acceptors (Lipinski definition) is 4. The highest BCUT2D eigenvalue weighted by Crippen LogP contribution is 2.34. The summed E-state index contributed by atoms with van der Waals surface area (Å²) in [6.45, 7) is 0. The summed E-state index contributed by atoms with van der Waals surface area (Å²) >= 11 is 3.33. The summed E-state index contributed by atoms with van der Waals surface area (Å²) in [5, 5.41) is 9.75. The van der Waals surface area contributed by atoms with Gasteiger partial charge in [-0.1, -0.05) is 22.0 Å². The van der Waals surface area contributed by atoms with Crippen LogP contribution in [-0.2, 0) is 0 Å². The van der Waals surface area contributed by atoms with E-state index in [9.17, 15) is 9.90 Å². The van der Waals surface area contributed by atoms with Crippen LogP contribution in [0.1, 0.15) is 15.9 Å². The minimum Gasteiger partial charge on any atom is -0.504 e. The predicted octanol–water partition coefficient (Wildman–Crippen LogP) is 3.78. The number of aromatic hydroxyl groups is 1. The van der Waals surface area contributed by atoms with Gasteiger partial charge in [0.15, 0.2) is 17.3 Å². The minimum absolute atomic E-state index is 0.0116. The standard InChI is InChI=1S/C16H11BrO4/c1-20-14-4-2-9(6-12(14)18)7-15-16(19)11-8-10(17)3-5-13(11)21-15/h2-8,18H,1H3. The number of halogens is 1. The first-order valence-electron chi connectivity index (χ1n) is 6.19. The molecule has 0 amide bonds. The number of phenols is 1. The van der Waals surface area contributed by atoms with E-state index in [1.807, 2.05) is 6.07 Å². The Morgan fingerprint density at radius 3 is 2.76 bits per heavy atom. The molecule has 0 aromatic heterocycles. The Bertz CT molecular complexity index is 765. The molecule has 1 N–H and O–H groups in total. The van der Waals surface area contributed by atoms with Gasteiger partial charge in [0.2, 0.25) is 5.78 Å². The zero-order chi connectivity index (χ0) is 15.0. The van der Waals surface area contributed by atoms with E-state index in [1.54, 1.807) is 30.3 Å². The molecule has 1 aliphatic heterocycles. The van der Waals surface area contributed by atoms with Crippen LogP contribution < -0.4 is 9.47 Å². The first-order valence-corrected chi connectivity index (χ1v) is 6.98. The Kier molecular flexibility index (Phi) is 3.43. The van der Waals surface area contributed by atoms with E-state index in [1.165, 1.54) is 13.2 Å². The van der Waals surface area contributed by atoms with Gasteiger partial charge in [0, 0.05) is 4.47 Å². The minimum atomic E-state index is -0.179. The number of benzene rings is 2. The first-order chi connectivity index (χ1) is 10.1. The van der Waals surface area contributed by atoms with Gasteiger partial charge in [-0.25, -0.2) is 0 Å². The van der Waals surface area contributed by atoms with Gasteiger partial charge in [-0.05, 0) is 42.0 Å². The number of carbonyl (C=O) groups excluding carboxylic acids is 1. The Labute approximate surface area is 129 Å². The molecule has 0 saturated carbocycles. The highest BCUT2D eigenvalue weighted by molar-refractivity contribution is 9.10. The third-order valence-corrected chi connectivity index (χ3v) is 3.62. The number of carbonyl (C=O) groups is 1. The van der Waals surface area contributed by atoms with Crippen LogP contribution in [0.4, 0.5) is 0 Å². The van der Waals surface area contributed by atoms with Gasteiger partial charge in [0.05, 0.1) is 12.7 Å². The summed E-state index contributed by atoms with van der Waals surface area (Å²) in [5.74, 6) is 0.974. The lowest BCUT2D eigenvalue weighted by Gasteiger charge is -2.04. The Balaban J connectivity index is 1.96. The van der Waals surface area contributed by atoms with E-state index in [-0.39, 0.29) is 17.3 Å². The maximum absolute atomic E-state index is 12.3. The van der Waals surface area contributed by atoms with E-state index in [2.05, 4.69) is 15.9 Å². The number of methoxy groups -OCH3 is 1. The van der Waals surface area contributed by atoms with Gasteiger partial charge in [0.25, 0.3) is 0 Å². The van der Waals surface area contributed by atoms with Gasteiger partial charge < -0.3 is 14.6 Å². The van der Waals surface area contributed by atoms with Crippen LogP contribution in [0.3, 0.4) is 0 Å². The normalized spacial score (nSPS) is 15.0. The molecule has 0 saturated heterocycles. The van der Waals surface area contributed by atoms with Crippen LogP contribution in [0, 0.1) is 0 Å². The molecule has 0 unspecified atom stereocenters. The number of rotatable bonds is 2. The summed E-state index contributed by atoms with van der Waals surface area (Å²) in [6.07, 6.45) is 1.59. The number of ketones is 1. The van der Waals surface area contributed by atoms with Crippen molar-refractivity contribution in [2.75, 3.05) is 7.11 Å². The molecule has 5 heteroatoms. The molecule has 4 nitrogen and oxygen atoms in total. The van der Waals surface area contributed by atoms with Crippen molar-refractivity contribution in [1.29, 1.82) is 0 Å². The maximum Gasteiger partial charge on any atom is 0.232 e. The summed E-state index contributed by atoms with van der Waals surface area (Å²) in [6, 6.07) is 10.2. The van der Waals surface area contributed by atoms with Gasteiger partial charge in [-0.3, -0.25) is 4.79 Å². The molecule has 2 aromatic carbocycles. The van der Waals surface area contributed by atoms with Gasteiger partial charge in [-0.15, -0.1) is 0 Å². The number of ether oxygens (including phenoxy) is 2. The Morgan fingerprint density at radius 1 is 1.24 bits per heavy atom. The number of phenolic OH excluding ortho intramolecular Hbond substituents is 1. The molecule has 21 heavy (non-hydrogen) atoms. The third kappa shape index (κ3) is 2.52. The zero-order valence-electron chi connectivity index (χ0n) is 11.1. The largest absolute Gasteiger partial charge is 0.504 e. The topological polar surface area (TPSA) is 55.8 Å². The molecule has 0 bridgehead atoms. The second-order valence-corrected chi connectivity index (χ2v) is 5.43. The molecular formula is C16H11BrO4. The van der Waals surface area contributed by atoms with Crippen molar-refractivity contribution in [3.8, 4) is 17.2 Å². The number of hydrogen-bond donors (Lipinski definition) is 1. The van der Waals surface area contributed by atoms with Crippen molar-refractivity contribution < 1.29 is 19.4 Å². The van der Waals surface area contributed by atoms with Crippen LogP contribution in [-0.4, -0.2) is 18.0 Å². The van der Waals surface area contributed by atoms with Crippen LogP contribution in [0.25, 0.3) is 6.08 Å². The maximum atomic E-state index is 12.3. The average Bonchev–Trinajstić information content (AvgIpc) is 2.76. The molecular weight excluding hydrogens is 336 g/mol. The molecule has 1 aliphatic rings. The lowest BCUT2D eigenvalue weighted by atomic mass is 10.1. The lowest BCUT2D eigenvalue weighted by Crippen LogP contribution is -1.98. The Hall–Kier alpha value is -2.27. The summed E-state index contributed by atoms with van der Waals surface area (Å²) < 4.78 is 11.4. The smallest absolute Gasteiger partial charge is 0.232 e. The van der Waals surface area contributed by atoms with Crippen LogP contribution in [0.2, 0.25) is 0 Å². The average molecular weight is 347 g/mol. The van der Waals surface area contributed by atoms with E-state index in [4.69, 9.17) is 9.47 Å². The monoisotopic (exact) mass is 346 g/mol. The highest BCUT2D eigenvalue weighted by Gasteiger charge is 2.27. The molecule has 0 fully saturated rings. The molecule has 0 radical (unpaired) electrons. The Morgan fingerprint density at radius 2 is 2.05 bits per heavy atom. The summed E-state index contributed by atoms with van der Waals surface area (Å²) in [7, 11) is 1.48. The van der Waals surface area contributed by atoms with Gasteiger partial charge in [0.1, 0.15) is 5.75 Å². The van der Waals surface area contributed by atoms with E-state index in [0.717, 1.165) is 4.47 Å². The van der Waals surface area contributed by atoms with Crippen molar-refractivity contribution in [3.63, 3.8) is 0 Å². The number of Topliss-reactive ketones (excluding diaryl/α,β-unsaturated/α-hetero) is 1. The second-order valence-electron chi connectivity index (χ2n) is 4.51. The van der Waals surface area contributed by atoms with E-state index < -0.39 is 0 Å². The van der Waals surface area contributed by atoms with E-state index >= 15 is 0 Å². The van der Waals surface area contributed by atoms with Gasteiger partial charge >= 0.3 is 0 Å². The third-order valence-electron chi connectivity index (χ3n) is 3.13. The predicted molar refractivity (Wildman–Crippen MR) is 81.7 cm³/mol. The number of fused-ring (bicyclic) bond motifs is 1. The van der Waals surface area contributed by atoms with Crippen molar-refractivity contribution in [3.05, 3.63) is 57.8 Å². The fourth-order valence-electron chi connectivity index (χ4n) is 2.11. The van der Waals surface area contributed by atoms with E-state index in [0.29, 0.717) is 22.6 Å². The van der Waals surface area contributed by atoms with Crippen molar-refractivity contribution >= 4 is 27.8 Å². The van der Waals surface area contributed by atoms with Crippen molar-refractivity contribution in [2.24, 2.45) is 0 Å². The molecule has 2 aromatic rings. The van der Waals surface area contributed by atoms with Crippen molar-refractivity contribution in [2.45, 2.75) is 0 Å². The molecule has 0 spiro atoms. The van der Waals surface area contributed by atoms with Gasteiger partial charge in [-0.2, -0.15) is 0 Å². The fraction of sp³-hybridized carbons (Fsp3) is 0.0625. The molecule has 0 atom stereocenters. The first kappa shape index (κ1) is 13.7. The number of allylic oxidation sites excluding steroid dienone is 1. The summed E-state index contributed by atoms with van der Waals surface area (Å²) in [5.41, 5.74) is 1.18. The van der Waals surface area contributed by atoms with Crippen molar-refractivity contribution in [1.82, 2.24) is 0 Å². The highest BCUT2D eigenvalue weighted by atomic mass is 79.9. The summed E-state index contributed by atoms with van der Waals surface area (Å²) in [4.78, 5) is 12.3. The second kappa shape index (κ2) is 5.26. The lowest BCUT2D eigenvalue weighted by molar-refractivity contribution is 0.101. The van der Waals surface area contributed by atoms with Crippen LogP contribution in [0.15, 0.2) is 46.6 Å². The molecule has 106 valence electrons. The van der Waals surface area contributed by atoms with Crippen LogP contribution >= 0.6 is 15.9 Å².